The number of hydrogen-bond donors (Lipinski definition) is 1. The lowest BCUT2D eigenvalue weighted by molar-refractivity contribution is 0.163. The van der Waals surface area contributed by atoms with Gasteiger partial charge in [0.2, 0.25) is 0 Å². The van der Waals surface area contributed by atoms with Gasteiger partial charge < -0.3 is 10.6 Å². The number of likely N-dealkylation sites (N-methyl/N-ethyl adjacent to an activating group) is 1. The summed E-state index contributed by atoms with van der Waals surface area (Å²) in [5, 5.41) is 1.32. The highest BCUT2D eigenvalue weighted by molar-refractivity contribution is 6.34. The van der Waals surface area contributed by atoms with Crippen LogP contribution in [0.3, 0.4) is 0 Å². The fourth-order valence-electron chi connectivity index (χ4n) is 2.44. The second-order valence-corrected chi connectivity index (χ2v) is 7.02. The van der Waals surface area contributed by atoms with Crippen molar-refractivity contribution < 1.29 is 0 Å². The van der Waals surface area contributed by atoms with Crippen LogP contribution in [0.25, 0.3) is 0 Å². The Kier molecular flexibility index (Phi) is 7.99. The van der Waals surface area contributed by atoms with Crippen molar-refractivity contribution in [2.45, 2.75) is 19.9 Å². The molecule has 1 aromatic carbocycles. The average molecular weight is 332 g/mol. The molecule has 0 aliphatic rings. The van der Waals surface area contributed by atoms with Crippen molar-refractivity contribution in [3.05, 3.63) is 33.8 Å². The minimum absolute atomic E-state index is 0.142. The van der Waals surface area contributed by atoms with E-state index in [1.165, 1.54) is 0 Å². The minimum atomic E-state index is 0.142. The van der Waals surface area contributed by atoms with Gasteiger partial charge in [0.15, 0.2) is 0 Å². The second kappa shape index (κ2) is 8.96. The molecule has 1 unspecified atom stereocenters. The zero-order valence-electron chi connectivity index (χ0n) is 13.4. The van der Waals surface area contributed by atoms with Gasteiger partial charge in [-0.2, -0.15) is 0 Å². The van der Waals surface area contributed by atoms with E-state index in [9.17, 15) is 0 Å². The molecule has 1 aromatic rings. The van der Waals surface area contributed by atoms with Gasteiger partial charge in [-0.15, -0.1) is 0 Å². The fraction of sp³-hybridized carbons (Fsp3) is 0.625. The Morgan fingerprint density at radius 1 is 1.05 bits per heavy atom. The van der Waals surface area contributed by atoms with Gasteiger partial charge in [-0.25, -0.2) is 0 Å². The second-order valence-electron chi connectivity index (χ2n) is 6.15. The molecule has 1 rings (SSSR count). The highest BCUT2D eigenvalue weighted by Gasteiger charge is 2.20. The highest BCUT2D eigenvalue weighted by Crippen LogP contribution is 2.27. The lowest BCUT2D eigenvalue weighted by atomic mass is 10.0. The summed E-state index contributed by atoms with van der Waals surface area (Å²) < 4.78 is 0. The molecule has 0 aliphatic heterocycles. The van der Waals surface area contributed by atoms with Crippen molar-refractivity contribution in [1.29, 1.82) is 0 Å². The predicted octanol–water partition coefficient (Wildman–Crippen LogP) is 3.51. The Labute approximate surface area is 139 Å². The van der Waals surface area contributed by atoms with Crippen LogP contribution in [0.2, 0.25) is 10.0 Å². The third kappa shape index (κ3) is 6.54. The third-order valence-electron chi connectivity index (χ3n) is 3.37. The molecule has 5 heteroatoms. The van der Waals surface area contributed by atoms with E-state index >= 15 is 0 Å². The molecule has 0 amide bonds. The van der Waals surface area contributed by atoms with Crippen LogP contribution in [-0.2, 0) is 0 Å². The molecule has 0 saturated carbocycles. The van der Waals surface area contributed by atoms with Crippen LogP contribution in [-0.4, -0.2) is 50.1 Å². The van der Waals surface area contributed by atoms with E-state index in [2.05, 4.69) is 37.7 Å². The molecule has 1 atom stereocenters. The lowest BCUT2D eigenvalue weighted by Gasteiger charge is -2.33. The van der Waals surface area contributed by atoms with Gasteiger partial charge in [-0.05, 0) is 43.8 Å². The van der Waals surface area contributed by atoms with Crippen molar-refractivity contribution in [1.82, 2.24) is 9.80 Å². The molecule has 120 valence electrons. The summed E-state index contributed by atoms with van der Waals surface area (Å²) in [6.07, 6.45) is 0. The van der Waals surface area contributed by atoms with Crippen LogP contribution in [0.1, 0.15) is 25.5 Å². The summed E-state index contributed by atoms with van der Waals surface area (Å²) in [5.74, 6) is 0.580. The van der Waals surface area contributed by atoms with Crippen LogP contribution in [0, 0.1) is 5.92 Å². The SMILES string of the molecule is CC(C)CN(CCN(C)C)C(CN)c1cc(Cl)cc(Cl)c1. The Morgan fingerprint density at radius 2 is 1.62 bits per heavy atom. The molecule has 0 fully saturated rings. The van der Waals surface area contributed by atoms with Crippen molar-refractivity contribution >= 4 is 23.2 Å². The predicted molar refractivity (Wildman–Crippen MR) is 93.2 cm³/mol. The van der Waals surface area contributed by atoms with Crippen LogP contribution >= 0.6 is 23.2 Å². The van der Waals surface area contributed by atoms with E-state index in [1.54, 1.807) is 6.07 Å². The molecular weight excluding hydrogens is 305 g/mol. The standard InChI is InChI=1S/C16H27Cl2N3/c1-12(2)11-21(6-5-20(3)4)16(10-19)13-7-14(17)9-15(18)8-13/h7-9,12,16H,5-6,10-11,19H2,1-4H3. The molecule has 2 N–H and O–H groups in total. The number of benzene rings is 1. The maximum atomic E-state index is 6.14. The van der Waals surface area contributed by atoms with E-state index in [-0.39, 0.29) is 6.04 Å². The topological polar surface area (TPSA) is 32.5 Å². The summed E-state index contributed by atoms with van der Waals surface area (Å²) in [4.78, 5) is 4.61. The summed E-state index contributed by atoms with van der Waals surface area (Å²) >= 11 is 12.3. The number of nitrogens with zero attached hydrogens (tertiary/aromatic N) is 2. The van der Waals surface area contributed by atoms with Crippen LogP contribution < -0.4 is 5.73 Å². The van der Waals surface area contributed by atoms with Gasteiger partial charge in [0.05, 0.1) is 0 Å². The molecule has 0 aromatic heterocycles. The van der Waals surface area contributed by atoms with Gasteiger partial charge in [0.25, 0.3) is 0 Å². The van der Waals surface area contributed by atoms with E-state index in [1.807, 2.05) is 12.1 Å². The summed E-state index contributed by atoms with van der Waals surface area (Å²) in [5.41, 5.74) is 7.14. The molecule has 21 heavy (non-hydrogen) atoms. The first-order chi connectivity index (χ1) is 9.83. The zero-order chi connectivity index (χ0) is 16.0. The van der Waals surface area contributed by atoms with Crippen molar-refractivity contribution in [3.63, 3.8) is 0 Å². The summed E-state index contributed by atoms with van der Waals surface area (Å²) in [6.45, 7) is 7.97. The summed E-state index contributed by atoms with van der Waals surface area (Å²) in [6, 6.07) is 5.83. The average Bonchev–Trinajstić information content (AvgIpc) is 2.34. The smallest absolute Gasteiger partial charge is 0.0472 e. The monoisotopic (exact) mass is 331 g/mol. The van der Waals surface area contributed by atoms with Crippen LogP contribution in [0.4, 0.5) is 0 Å². The van der Waals surface area contributed by atoms with Crippen LogP contribution in [0.5, 0.6) is 0 Å². The fourth-order valence-corrected chi connectivity index (χ4v) is 2.98. The maximum absolute atomic E-state index is 6.14. The Hall–Kier alpha value is -0.320. The van der Waals surface area contributed by atoms with Gasteiger partial charge in [0, 0.05) is 42.3 Å². The maximum Gasteiger partial charge on any atom is 0.0472 e. The van der Waals surface area contributed by atoms with Gasteiger partial charge in [-0.1, -0.05) is 37.0 Å². The molecular formula is C16H27Cl2N3. The Bertz CT molecular complexity index is 415. The number of rotatable bonds is 8. The molecule has 0 spiro atoms. The van der Waals surface area contributed by atoms with Gasteiger partial charge >= 0.3 is 0 Å². The van der Waals surface area contributed by atoms with Gasteiger partial charge in [-0.3, -0.25) is 4.90 Å². The lowest BCUT2D eigenvalue weighted by Crippen LogP contribution is -2.40. The number of halogens is 2. The molecule has 0 radical (unpaired) electrons. The normalized spacial score (nSPS) is 13.4. The number of nitrogens with two attached hydrogens (primary N) is 1. The van der Waals surface area contributed by atoms with Crippen molar-refractivity contribution in [2.75, 3.05) is 40.3 Å². The molecule has 0 aliphatic carbocycles. The molecule has 0 heterocycles. The Balaban J connectivity index is 2.98. The van der Waals surface area contributed by atoms with E-state index in [0.29, 0.717) is 22.5 Å². The van der Waals surface area contributed by atoms with E-state index in [4.69, 9.17) is 28.9 Å². The Morgan fingerprint density at radius 3 is 2.05 bits per heavy atom. The molecule has 0 bridgehead atoms. The minimum Gasteiger partial charge on any atom is -0.329 e. The number of hydrogen-bond acceptors (Lipinski definition) is 3. The van der Waals surface area contributed by atoms with E-state index in [0.717, 1.165) is 25.2 Å². The third-order valence-corrected chi connectivity index (χ3v) is 3.80. The summed E-state index contributed by atoms with van der Waals surface area (Å²) in [7, 11) is 4.17. The largest absolute Gasteiger partial charge is 0.329 e. The highest BCUT2D eigenvalue weighted by atomic mass is 35.5. The first kappa shape index (κ1) is 18.7. The first-order valence-electron chi connectivity index (χ1n) is 7.38. The molecule has 0 saturated heterocycles. The van der Waals surface area contributed by atoms with Crippen molar-refractivity contribution in [2.24, 2.45) is 11.7 Å². The zero-order valence-corrected chi connectivity index (χ0v) is 15.0. The first-order valence-corrected chi connectivity index (χ1v) is 8.14. The van der Waals surface area contributed by atoms with E-state index < -0.39 is 0 Å². The van der Waals surface area contributed by atoms with Gasteiger partial charge in [0.1, 0.15) is 0 Å². The molecule has 3 nitrogen and oxygen atoms in total. The quantitative estimate of drug-likeness (QED) is 0.791. The van der Waals surface area contributed by atoms with Crippen LogP contribution in [0.15, 0.2) is 18.2 Å². The van der Waals surface area contributed by atoms with Crippen molar-refractivity contribution in [3.8, 4) is 0 Å².